The van der Waals surface area contributed by atoms with Crippen LogP contribution in [0.1, 0.15) is 5.76 Å². The summed E-state index contributed by atoms with van der Waals surface area (Å²) in [5, 5.41) is 14.8. The van der Waals surface area contributed by atoms with Crippen molar-refractivity contribution in [2.24, 2.45) is 5.10 Å². The summed E-state index contributed by atoms with van der Waals surface area (Å²) in [5.74, 6) is -0.220. The molecule has 0 bridgehead atoms. The number of rotatable bonds is 3. The van der Waals surface area contributed by atoms with Gasteiger partial charge in [-0.3, -0.25) is 14.9 Å². The van der Waals surface area contributed by atoms with Crippen LogP contribution in [0.4, 0.5) is 5.88 Å². The molecule has 8 nitrogen and oxygen atoms in total. The largest absolute Gasteiger partial charge is 0.433 e. The second kappa shape index (κ2) is 5.00. The number of fused-ring (bicyclic) bond motifs is 1. The molecular formula is C13H8N4O4. The minimum absolute atomic E-state index is 0.168. The van der Waals surface area contributed by atoms with Crippen molar-refractivity contribution in [3.05, 3.63) is 69.0 Å². The lowest BCUT2D eigenvalue weighted by atomic mass is 10.2. The molecule has 3 aromatic rings. The number of hydrogen-bond acceptors (Lipinski definition) is 6. The monoisotopic (exact) mass is 284 g/mol. The highest BCUT2D eigenvalue weighted by atomic mass is 16.6. The Balaban J connectivity index is 1.97. The number of hydrogen-bond donors (Lipinski definition) is 0. The third-order valence-electron chi connectivity index (χ3n) is 2.75. The minimum atomic E-state index is -0.652. The fraction of sp³-hybridized carbons (Fsp3) is 0. The minimum Gasteiger partial charge on any atom is -0.400 e. The highest BCUT2D eigenvalue weighted by Gasteiger charge is 2.10. The summed E-state index contributed by atoms with van der Waals surface area (Å²) < 4.78 is 5.95. The van der Waals surface area contributed by atoms with Crippen LogP contribution in [-0.4, -0.2) is 20.8 Å². The van der Waals surface area contributed by atoms with Crippen molar-refractivity contribution >= 4 is 23.0 Å². The molecule has 8 heteroatoms. The second-order valence-corrected chi connectivity index (χ2v) is 4.09. The molecule has 21 heavy (non-hydrogen) atoms. The standard InChI is InChI=1S/C13H8N4O4/c18-13-10-3-1-2-4-11(10)14-8-16(13)15-7-9-5-6-12(21-9)17(19)20/h1-8H. The normalized spacial score (nSPS) is 11.2. The summed E-state index contributed by atoms with van der Waals surface area (Å²) in [6, 6.07) is 9.48. The van der Waals surface area contributed by atoms with Gasteiger partial charge in [-0.1, -0.05) is 12.1 Å². The molecule has 0 atom stereocenters. The first-order chi connectivity index (χ1) is 10.1. The Bertz CT molecular complexity index is 910. The van der Waals surface area contributed by atoms with Crippen molar-refractivity contribution in [3.63, 3.8) is 0 Å². The molecule has 2 heterocycles. The highest BCUT2D eigenvalue weighted by molar-refractivity contribution is 5.78. The smallest absolute Gasteiger partial charge is 0.400 e. The van der Waals surface area contributed by atoms with Crippen molar-refractivity contribution < 1.29 is 9.34 Å². The van der Waals surface area contributed by atoms with E-state index in [2.05, 4.69) is 10.1 Å². The van der Waals surface area contributed by atoms with Crippen LogP contribution in [-0.2, 0) is 0 Å². The highest BCUT2D eigenvalue weighted by Crippen LogP contribution is 2.13. The Labute approximate surface area is 117 Å². The van der Waals surface area contributed by atoms with Gasteiger partial charge in [0, 0.05) is 0 Å². The van der Waals surface area contributed by atoms with Crippen LogP contribution >= 0.6 is 0 Å². The van der Waals surface area contributed by atoms with E-state index < -0.39 is 4.92 Å². The fourth-order valence-electron chi connectivity index (χ4n) is 1.77. The average Bonchev–Trinajstić information content (AvgIpc) is 2.96. The van der Waals surface area contributed by atoms with Crippen LogP contribution in [0.25, 0.3) is 10.9 Å². The Hall–Kier alpha value is -3.29. The zero-order chi connectivity index (χ0) is 14.8. The molecule has 0 N–H and O–H groups in total. The van der Waals surface area contributed by atoms with Crippen LogP contribution in [0.2, 0.25) is 0 Å². The molecule has 104 valence electrons. The predicted octanol–water partition coefficient (Wildman–Crippen LogP) is 1.78. The lowest BCUT2D eigenvalue weighted by molar-refractivity contribution is -0.402. The van der Waals surface area contributed by atoms with E-state index in [9.17, 15) is 14.9 Å². The lowest BCUT2D eigenvalue weighted by Gasteiger charge is -1.99. The van der Waals surface area contributed by atoms with Gasteiger partial charge in [-0.25, -0.2) is 4.98 Å². The maximum atomic E-state index is 12.1. The molecule has 2 aromatic heterocycles. The van der Waals surface area contributed by atoms with E-state index in [1.165, 1.54) is 24.7 Å². The molecule has 0 aliphatic rings. The molecule has 0 saturated heterocycles. The molecule has 0 amide bonds. The molecule has 0 aliphatic heterocycles. The number of benzene rings is 1. The quantitative estimate of drug-likeness (QED) is 0.414. The van der Waals surface area contributed by atoms with Gasteiger partial charge in [0.2, 0.25) is 0 Å². The first-order valence-corrected chi connectivity index (χ1v) is 5.90. The van der Waals surface area contributed by atoms with E-state index in [0.717, 1.165) is 4.68 Å². The Morgan fingerprint density at radius 3 is 2.86 bits per heavy atom. The maximum Gasteiger partial charge on any atom is 0.433 e. The van der Waals surface area contributed by atoms with Crippen molar-refractivity contribution in [2.45, 2.75) is 0 Å². The van der Waals surface area contributed by atoms with Gasteiger partial charge in [0.05, 0.1) is 23.2 Å². The van der Waals surface area contributed by atoms with Gasteiger partial charge in [-0.2, -0.15) is 9.78 Å². The molecule has 0 spiro atoms. The molecule has 0 saturated carbocycles. The third-order valence-corrected chi connectivity index (χ3v) is 2.75. The van der Waals surface area contributed by atoms with Crippen molar-refractivity contribution in [2.75, 3.05) is 0 Å². The Morgan fingerprint density at radius 2 is 2.10 bits per heavy atom. The molecule has 1 aromatic carbocycles. The summed E-state index contributed by atoms with van der Waals surface area (Å²) in [7, 11) is 0. The van der Waals surface area contributed by atoms with E-state index >= 15 is 0 Å². The van der Waals surface area contributed by atoms with Crippen LogP contribution < -0.4 is 5.56 Å². The van der Waals surface area contributed by atoms with Crippen molar-refractivity contribution in [3.8, 4) is 0 Å². The van der Waals surface area contributed by atoms with Crippen LogP contribution in [0.5, 0.6) is 0 Å². The SMILES string of the molecule is O=c1c2ccccc2ncn1N=Cc1ccc([N+](=O)[O-])o1. The Kier molecular flexibility index (Phi) is 3.03. The summed E-state index contributed by atoms with van der Waals surface area (Å²) in [5.41, 5.74) is 0.237. The van der Waals surface area contributed by atoms with Crippen molar-refractivity contribution in [1.82, 2.24) is 9.66 Å². The van der Waals surface area contributed by atoms with E-state index in [4.69, 9.17) is 4.42 Å². The second-order valence-electron chi connectivity index (χ2n) is 4.09. The average molecular weight is 284 g/mol. The molecule has 0 unspecified atom stereocenters. The molecular weight excluding hydrogens is 276 g/mol. The maximum absolute atomic E-state index is 12.1. The van der Waals surface area contributed by atoms with Crippen LogP contribution in [0.15, 0.2) is 57.0 Å². The topological polar surface area (TPSA) is 104 Å². The third kappa shape index (κ3) is 2.41. The first kappa shape index (κ1) is 12.7. The Morgan fingerprint density at radius 1 is 1.29 bits per heavy atom. The van der Waals surface area contributed by atoms with E-state index in [1.807, 2.05) is 0 Å². The van der Waals surface area contributed by atoms with Gasteiger partial charge in [-0.05, 0) is 18.2 Å². The summed E-state index contributed by atoms with van der Waals surface area (Å²) >= 11 is 0. The number of nitrogens with zero attached hydrogens (tertiary/aromatic N) is 4. The van der Waals surface area contributed by atoms with Crippen LogP contribution in [0.3, 0.4) is 0 Å². The van der Waals surface area contributed by atoms with Gasteiger partial charge < -0.3 is 4.42 Å². The number of furan rings is 1. The first-order valence-electron chi connectivity index (χ1n) is 5.90. The summed E-state index contributed by atoms with van der Waals surface area (Å²) in [4.78, 5) is 26.1. The molecule has 3 rings (SSSR count). The zero-order valence-electron chi connectivity index (χ0n) is 10.5. The van der Waals surface area contributed by atoms with Gasteiger partial charge >= 0.3 is 5.88 Å². The predicted molar refractivity (Wildman–Crippen MR) is 74.4 cm³/mol. The van der Waals surface area contributed by atoms with Crippen molar-refractivity contribution in [1.29, 1.82) is 0 Å². The number of para-hydroxylation sites is 1. The molecule has 0 aliphatic carbocycles. The summed E-state index contributed by atoms with van der Waals surface area (Å²) in [6.45, 7) is 0. The zero-order valence-corrected chi connectivity index (χ0v) is 10.5. The summed E-state index contributed by atoms with van der Waals surface area (Å²) in [6.07, 6.45) is 2.49. The number of aromatic nitrogens is 2. The molecule has 0 radical (unpaired) electrons. The fourth-order valence-corrected chi connectivity index (χ4v) is 1.77. The van der Waals surface area contributed by atoms with Crippen LogP contribution in [0, 0.1) is 10.1 Å². The lowest BCUT2D eigenvalue weighted by Crippen LogP contribution is -2.16. The van der Waals surface area contributed by atoms with Gasteiger partial charge in [0.15, 0.2) is 5.76 Å². The van der Waals surface area contributed by atoms with E-state index in [0.29, 0.717) is 10.9 Å². The van der Waals surface area contributed by atoms with Gasteiger partial charge in [-0.15, -0.1) is 0 Å². The van der Waals surface area contributed by atoms with Gasteiger partial charge in [0.25, 0.3) is 5.56 Å². The van der Waals surface area contributed by atoms with E-state index in [1.54, 1.807) is 24.3 Å². The molecule has 0 fully saturated rings. The van der Waals surface area contributed by atoms with E-state index in [-0.39, 0.29) is 17.2 Å². The van der Waals surface area contributed by atoms with Gasteiger partial charge in [0.1, 0.15) is 11.3 Å². The number of nitro groups is 1.